The molecule has 0 bridgehead atoms. The molecule has 1 heterocycles. The summed E-state index contributed by atoms with van der Waals surface area (Å²) in [6, 6.07) is 14.6. The number of aromatic nitrogens is 1. The molecule has 0 spiro atoms. The standard InChI is InChI=1S/C21H21N3O3/c1-16(15-27-2)13-23-14-18(20-5-3-4-6-21(20)23)12-22-11-17-7-9-19(10-8-17)24(25)26/h3-10,12,14H,1,11,13,15H2,2H3. The zero-order valence-electron chi connectivity index (χ0n) is 15.2. The van der Waals surface area contributed by atoms with E-state index in [-0.39, 0.29) is 5.69 Å². The number of nitrogens with zero attached hydrogens (tertiary/aromatic N) is 3. The minimum absolute atomic E-state index is 0.0853. The van der Waals surface area contributed by atoms with E-state index in [9.17, 15) is 10.1 Å². The Morgan fingerprint density at radius 3 is 2.70 bits per heavy atom. The highest BCUT2D eigenvalue weighted by Crippen LogP contribution is 2.21. The van der Waals surface area contributed by atoms with Gasteiger partial charge in [0.2, 0.25) is 0 Å². The van der Waals surface area contributed by atoms with Gasteiger partial charge in [-0.25, -0.2) is 0 Å². The van der Waals surface area contributed by atoms with Crippen molar-refractivity contribution < 1.29 is 9.66 Å². The predicted octanol–water partition coefficient (Wildman–Crippen LogP) is 4.37. The first-order valence-electron chi connectivity index (χ1n) is 8.55. The molecule has 0 amide bonds. The zero-order valence-corrected chi connectivity index (χ0v) is 15.2. The lowest BCUT2D eigenvalue weighted by Gasteiger charge is -2.07. The van der Waals surface area contributed by atoms with Crippen LogP contribution in [0.25, 0.3) is 10.9 Å². The zero-order chi connectivity index (χ0) is 19.2. The van der Waals surface area contributed by atoms with Gasteiger partial charge >= 0.3 is 0 Å². The molecule has 0 fully saturated rings. The monoisotopic (exact) mass is 363 g/mol. The molecule has 0 saturated heterocycles. The van der Waals surface area contributed by atoms with Gasteiger partial charge in [-0.15, -0.1) is 0 Å². The lowest BCUT2D eigenvalue weighted by Crippen LogP contribution is -2.03. The fourth-order valence-corrected chi connectivity index (χ4v) is 2.97. The summed E-state index contributed by atoms with van der Waals surface area (Å²) in [7, 11) is 1.66. The maximum absolute atomic E-state index is 10.7. The lowest BCUT2D eigenvalue weighted by molar-refractivity contribution is -0.384. The SMILES string of the molecule is C=C(COC)Cn1cc(C=NCc2ccc([N+](=O)[O-])cc2)c2ccccc21. The molecule has 2 aromatic carbocycles. The van der Waals surface area contributed by atoms with E-state index in [4.69, 9.17) is 4.74 Å². The van der Waals surface area contributed by atoms with E-state index in [0.29, 0.717) is 19.7 Å². The van der Waals surface area contributed by atoms with Crippen molar-refractivity contribution in [2.75, 3.05) is 13.7 Å². The highest BCUT2D eigenvalue weighted by molar-refractivity contribution is 5.99. The smallest absolute Gasteiger partial charge is 0.269 e. The van der Waals surface area contributed by atoms with Crippen LogP contribution in [0.3, 0.4) is 0 Å². The second kappa shape index (κ2) is 8.42. The number of hydrogen-bond acceptors (Lipinski definition) is 4. The summed E-state index contributed by atoms with van der Waals surface area (Å²) in [5.41, 5.74) is 4.15. The minimum atomic E-state index is -0.403. The number of nitro benzene ring substituents is 1. The summed E-state index contributed by atoms with van der Waals surface area (Å²) in [5.74, 6) is 0. The molecule has 0 aliphatic heterocycles. The van der Waals surface area contributed by atoms with Gasteiger partial charge in [0, 0.05) is 54.7 Å². The Hall–Kier alpha value is -3.25. The first-order valence-corrected chi connectivity index (χ1v) is 8.55. The molecule has 0 aliphatic rings. The van der Waals surface area contributed by atoms with Crippen LogP contribution in [0.4, 0.5) is 5.69 Å². The van der Waals surface area contributed by atoms with Gasteiger partial charge in [-0.3, -0.25) is 15.1 Å². The second-order valence-electron chi connectivity index (χ2n) is 6.31. The number of methoxy groups -OCH3 is 1. The number of fused-ring (bicyclic) bond motifs is 1. The number of para-hydroxylation sites is 1. The maximum atomic E-state index is 10.7. The number of hydrogen-bond donors (Lipinski definition) is 0. The number of aliphatic imine (C=N–C) groups is 1. The number of non-ortho nitro benzene ring substituents is 1. The van der Waals surface area contributed by atoms with Crippen molar-refractivity contribution in [2.45, 2.75) is 13.1 Å². The quantitative estimate of drug-likeness (QED) is 0.258. The van der Waals surface area contributed by atoms with Crippen LogP contribution in [0.1, 0.15) is 11.1 Å². The first kappa shape index (κ1) is 18.5. The predicted molar refractivity (Wildman–Crippen MR) is 107 cm³/mol. The summed E-state index contributed by atoms with van der Waals surface area (Å²) in [6.45, 7) is 5.72. The highest BCUT2D eigenvalue weighted by Gasteiger charge is 2.08. The van der Waals surface area contributed by atoms with E-state index in [1.165, 1.54) is 12.1 Å². The van der Waals surface area contributed by atoms with Crippen LogP contribution >= 0.6 is 0 Å². The van der Waals surface area contributed by atoms with Gasteiger partial charge in [0.1, 0.15) is 0 Å². The topological polar surface area (TPSA) is 69.7 Å². The number of rotatable bonds is 8. The van der Waals surface area contributed by atoms with Crippen molar-refractivity contribution in [3.63, 3.8) is 0 Å². The van der Waals surface area contributed by atoms with Crippen LogP contribution in [-0.4, -0.2) is 29.4 Å². The Morgan fingerprint density at radius 1 is 1.26 bits per heavy atom. The third-order valence-electron chi connectivity index (χ3n) is 4.21. The largest absolute Gasteiger partial charge is 0.380 e. The van der Waals surface area contributed by atoms with Crippen LogP contribution in [-0.2, 0) is 17.8 Å². The molecule has 1 aromatic heterocycles. The average molecular weight is 363 g/mol. The Kier molecular flexibility index (Phi) is 5.78. The Balaban J connectivity index is 1.78. The highest BCUT2D eigenvalue weighted by atomic mass is 16.6. The van der Waals surface area contributed by atoms with E-state index >= 15 is 0 Å². The summed E-state index contributed by atoms with van der Waals surface area (Å²) in [5, 5.41) is 11.8. The minimum Gasteiger partial charge on any atom is -0.380 e. The van der Waals surface area contributed by atoms with Crippen LogP contribution in [0.5, 0.6) is 0 Å². The molecule has 6 heteroatoms. The molecule has 0 N–H and O–H groups in total. The van der Waals surface area contributed by atoms with Crippen molar-refractivity contribution in [3.05, 3.63) is 88.1 Å². The molecule has 0 atom stereocenters. The fourth-order valence-electron chi connectivity index (χ4n) is 2.97. The molecule has 27 heavy (non-hydrogen) atoms. The van der Waals surface area contributed by atoms with Crippen molar-refractivity contribution in [2.24, 2.45) is 4.99 Å². The molecule has 0 aliphatic carbocycles. The van der Waals surface area contributed by atoms with E-state index in [1.54, 1.807) is 19.2 Å². The van der Waals surface area contributed by atoms with Crippen molar-refractivity contribution in [1.29, 1.82) is 0 Å². The van der Waals surface area contributed by atoms with E-state index in [1.807, 2.05) is 18.3 Å². The first-order chi connectivity index (χ1) is 13.1. The molecule has 3 aromatic rings. The van der Waals surface area contributed by atoms with Gasteiger partial charge in [0.05, 0.1) is 18.1 Å². The summed E-state index contributed by atoms with van der Waals surface area (Å²) in [6.07, 6.45) is 3.91. The van der Waals surface area contributed by atoms with Crippen LogP contribution in [0.2, 0.25) is 0 Å². The van der Waals surface area contributed by atoms with Gasteiger partial charge in [-0.05, 0) is 17.2 Å². The second-order valence-corrected chi connectivity index (χ2v) is 6.31. The summed E-state index contributed by atoms with van der Waals surface area (Å²) in [4.78, 5) is 14.8. The molecule has 6 nitrogen and oxygen atoms in total. The van der Waals surface area contributed by atoms with Crippen LogP contribution in [0.15, 0.2) is 71.9 Å². The van der Waals surface area contributed by atoms with Crippen LogP contribution in [0, 0.1) is 10.1 Å². The normalized spacial score (nSPS) is 11.3. The van der Waals surface area contributed by atoms with Gasteiger partial charge in [0.25, 0.3) is 5.69 Å². The maximum Gasteiger partial charge on any atom is 0.269 e. The Labute approximate surface area is 157 Å². The van der Waals surface area contributed by atoms with E-state index < -0.39 is 4.92 Å². The summed E-state index contributed by atoms with van der Waals surface area (Å²) >= 11 is 0. The number of ether oxygens (including phenoxy) is 1. The lowest BCUT2D eigenvalue weighted by atomic mass is 10.2. The number of nitro groups is 1. The Bertz CT molecular complexity index is 988. The molecular formula is C21H21N3O3. The van der Waals surface area contributed by atoms with Gasteiger partial charge < -0.3 is 9.30 Å². The molecule has 3 rings (SSSR count). The van der Waals surface area contributed by atoms with Gasteiger partial charge in [0.15, 0.2) is 0 Å². The number of benzene rings is 2. The molecule has 138 valence electrons. The molecule has 0 unspecified atom stereocenters. The van der Waals surface area contributed by atoms with Gasteiger partial charge in [-0.1, -0.05) is 36.9 Å². The molecule has 0 saturated carbocycles. The third kappa shape index (κ3) is 4.48. The fraction of sp³-hybridized carbons (Fsp3) is 0.190. The van der Waals surface area contributed by atoms with Gasteiger partial charge in [-0.2, -0.15) is 0 Å². The van der Waals surface area contributed by atoms with Crippen molar-refractivity contribution >= 4 is 22.8 Å². The van der Waals surface area contributed by atoms with Crippen molar-refractivity contribution in [3.8, 4) is 0 Å². The van der Waals surface area contributed by atoms with Crippen molar-refractivity contribution in [1.82, 2.24) is 4.57 Å². The van der Waals surface area contributed by atoms with Crippen LogP contribution < -0.4 is 0 Å². The Morgan fingerprint density at radius 2 is 2.00 bits per heavy atom. The average Bonchev–Trinajstić information content (AvgIpc) is 3.00. The summed E-state index contributed by atoms with van der Waals surface area (Å²) < 4.78 is 7.29. The molecular weight excluding hydrogens is 342 g/mol. The third-order valence-corrected chi connectivity index (χ3v) is 4.21. The van der Waals surface area contributed by atoms with E-state index in [2.05, 4.69) is 34.5 Å². The molecule has 0 radical (unpaired) electrons. The van der Waals surface area contributed by atoms with E-state index in [0.717, 1.165) is 27.6 Å².